The van der Waals surface area contributed by atoms with E-state index in [4.69, 9.17) is 0 Å². The van der Waals surface area contributed by atoms with Gasteiger partial charge in [0.1, 0.15) is 5.82 Å². The molecular weight excluding hydrogens is 253 g/mol. The molecule has 3 nitrogen and oxygen atoms in total. The smallest absolute Gasteiger partial charge is 0.123 e. The van der Waals surface area contributed by atoms with Crippen LogP contribution >= 0.6 is 0 Å². The lowest BCUT2D eigenvalue weighted by molar-refractivity contribution is 0.551. The van der Waals surface area contributed by atoms with Crippen LogP contribution < -0.4 is 5.32 Å². The molecule has 0 spiro atoms. The highest BCUT2D eigenvalue weighted by Crippen LogP contribution is 2.09. The number of benzene rings is 1. The fraction of sp³-hybridized carbons (Fsp3) is 0.438. The summed E-state index contributed by atoms with van der Waals surface area (Å²) in [5.74, 6) is 0.433. The van der Waals surface area contributed by atoms with Crippen molar-refractivity contribution >= 4 is 0 Å². The Morgan fingerprint density at radius 3 is 2.85 bits per heavy atom. The van der Waals surface area contributed by atoms with E-state index in [1.165, 1.54) is 11.6 Å². The summed E-state index contributed by atoms with van der Waals surface area (Å²) in [6.07, 6.45) is 2.04. The summed E-state index contributed by atoms with van der Waals surface area (Å²) in [5, 5.41) is 7.90. The van der Waals surface area contributed by atoms with Gasteiger partial charge in [-0.1, -0.05) is 26.0 Å². The van der Waals surface area contributed by atoms with Crippen molar-refractivity contribution in [3.05, 3.63) is 53.1 Å². The lowest BCUT2D eigenvalue weighted by Gasteiger charge is -2.06. The first-order valence-electron chi connectivity index (χ1n) is 7.02. The molecule has 0 fully saturated rings. The Labute approximate surface area is 119 Å². The summed E-state index contributed by atoms with van der Waals surface area (Å²) in [4.78, 5) is 0. The Morgan fingerprint density at radius 1 is 1.35 bits per heavy atom. The van der Waals surface area contributed by atoms with Crippen molar-refractivity contribution in [3.63, 3.8) is 0 Å². The quantitative estimate of drug-likeness (QED) is 0.878. The van der Waals surface area contributed by atoms with Gasteiger partial charge in [0.2, 0.25) is 0 Å². The fourth-order valence-electron chi connectivity index (χ4n) is 2.13. The molecule has 0 saturated heterocycles. The van der Waals surface area contributed by atoms with Gasteiger partial charge in [0.25, 0.3) is 0 Å². The van der Waals surface area contributed by atoms with Gasteiger partial charge in [0.05, 0.1) is 12.2 Å². The molecule has 20 heavy (non-hydrogen) atoms. The third-order valence-electron chi connectivity index (χ3n) is 3.15. The van der Waals surface area contributed by atoms with E-state index in [1.807, 2.05) is 23.9 Å². The molecule has 2 aromatic rings. The van der Waals surface area contributed by atoms with Crippen LogP contribution in [0.3, 0.4) is 0 Å². The standard InChI is InChI=1S/C16H22FN3/c1-12(2)8-18-9-15-11-20(19-13(15)3)10-14-5-4-6-16(17)7-14/h4-7,11-12,18H,8-10H2,1-3H3. The Balaban J connectivity index is 2.00. The van der Waals surface area contributed by atoms with Crippen LogP contribution in [0.5, 0.6) is 0 Å². The predicted molar refractivity (Wildman–Crippen MR) is 79.0 cm³/mol. The second-order valence-corrected chi connectivity index (χ2v) is 5.59. The number of nitrogens with zero attached hydrogens (tertiary/aromatic N) is 2. The molecule has 108 valence electrons. The Hall–Kier alpha value is -1.68. The Morgan fingerprint density at radius 2 is 2.15 bits per heavy atom. The second-order valence-electron chi connectivity index (χ2n) is 5.59. The average Bonchev–Trinajstić information content (AvgIpc) is 2.69. The van der Waals surface area contributed by atoms with E-state index >= 15 is 0 Å². The summed E-state index contributed by atoms with van der Waals surface area (Å²) in [6, 6.07) is 6.65. The zero-order chi connectivity index (χ0) is 14.5. The molecule has 4 heteroatoms. The molecule has 1 heterocycles. The van der Waals surface area contributed by atoms with Crippen LogP contribution in [0.25, 0.3) is 0 Å². The van der Waals surface area contributed by atoms with E-state index in [1.54, 1.807) is 12.1 Å². The first-order chi connectivity index (χ1) is 9.54. The Bertz CT molecular complexity index is 561. The van der Waals surface area contributed by atoms with Gasteiger partial charge in [-0.05, 0) is 37.1 Å². The molecule has 1 aromatic carbocycles. The number of hydrogen-bond acceptors (Lipinski definition) is 2. The molecule has 0 radical (unpaired) electrons. The molecule has 0 unspecified atom stereocenters. The van der Waals surface area contributed by atoms with Gasteiger partial charge in [-0.2, -0.15) is 5.10 Å². The maximum absolute atomic E-state index is 13.2. The minimum Gasteiger partial charge on any atom is -0.312 e. The predicted octanol–water partition coefficient (Wildman–Crippen LogP) is 3.12. The third kappa shape index (κ3) is 4.17. The van der Waals surface area contributed by atoms with Crippen LogP contribution in [-0.2, 0) is 13.1 Å². The molecule has 1 N–H and O–H groups in total. The van der Waals surface area contributed by atoms with Crippen molar-refractivity contribution in [2.75, 3.05) is 6.54 Å². The first kappa shape index (κ1) is 14.7. The van der Waals surface area contributed by atoms with Gasteiger partial charge in [-0.3, -0.25) is 4.68 Å². The molecule has 0 amide bonds. The van der Waals surface area contributed by atoms with Crippen LogP contribution in [0.2, 0.25) is 0 Å². The molecule has 2 rings (SSSR count). The van der Waals surface area contributed by atoms with E-state index in [2.05, 4.69) is 24.3 Å². The maximum atomic E-state index is 13.2. The van der Waals surface area contributed by atoms with Gasteiger partial charge < -0.3 is 5.32 Å². The number of nitrogens with one attached hydrogen (secondary N) is 1. The number of hydrogen-bond donors (Lipinski definition) is 1. The lowest BCUT2D eigenvalue weighted by Crippen LogP contribution is -2.19. The van der Waals surface area contributed by atoms with Crippen molar-refractivity contribution in [2.45, 2.75) is 33.9 Å². The first-order valence-corrected chi connectivity index (χ1v) is 7.02. The summed E-state index contributed by atoms with van der Waals surface area (Å²) >= 11 is 0. The van der Waals surface area contributed by atoms with Crippen LogP contribution in [0.1, 0.15) is 30.7 Å². The van der Waals surface area contributed by atoms with Gasteiger partial charge in [0, 0.05) is 18.3 Å². The van der Waals surface area contributed by atoms with Crippen molar-refractivity contribution < 1.29 is 4.39 Å². The zero-order valence-electron chi connectivity index (χ0n) is 12.4. The van der Waals surface area contributed by atoms with E-state index < -0.39 is 0 Å². The highest BCUT2D eigenvalue weighted by atomic mass is 19.1. The molecule has 0 atom stereocenters. The van der Waals surface area contributed by atoms with Crippen molar-refractivity contribution in [1.82, 2.24) is 15.1 Å². The monoisotopic (exact) mass is 275 g/mol. The highest BCUT2D eigenvalue weighted by Gasteiger charge is 2.06. The lowest BCUT2D eigenvalue weighted by atomic mass is 10.2. The topological polar surface area (TPSA) is 29.9 Å². The second kappa shape index (κ2) is 6.66. The average molecular weight is 275 g/mol. The van der Waals surface area contributed by atoms with Crippen LogP contribution in [0, 0.1) is 18.7 Å². The van der Waals surface area contributed by atoms with Gasteiger partial charge >= 0.3 is 0 Å². The number of aromatic nitrogens is 2. The molecular formula is C16H22FN3. The summed E-state index contributed by atoms with van der Waals surface area (Å²) in [5.41, 5.74) is 3.15. The third-order valence-corrected chi connectivity index (χ3v) is 3.15. The summed E-state index contributed by atoms with van der Waals surface area (Å²) < 4.78 is 15.0. The fourth-order valence-corrected chi connectivity index (χ4v) is 2.13. The number of aryl methyl sites for hydroxylation is 1. The largest absolute Gasteiger partial charge is 0.312 e. The zero-order valence-corrected chi connectivity index (χ0v) is 12.4. The molecule has 0 aliphatic rings. The normalized spacial score (nSPS) is 11.2. The van der Waals surface area contributed by atoms with Gasteiger partial charge in [-0.25, -0.2) is 4.39 Å². The van der Waals surface area contributed by atoms with Gasteiger partial charge in [0.15, 0.2) is 0 Å². The van der Waals surface area contributed by atoms with Crippen LogP contribution in [0.4, 0.5) is 4.39 Å². The Kier molecular flexibility index (Phi) is 4.90. The molecule has 0 saturated carbocycles. The van der Waals surface area contributed by atoms with E-state index in [-0.39, 0.29) is 5.82 Å². The number of halogens is 1. The minimum absolute atomic E-state index is 0.204. The van der Waals surface area contributed by atoms with Crippen molar-refractivity contribution in [1.29, 1.82) is 0 Å². The van der Waals surface area contributed by atoms with Crippen LogP contribution in [-0.4, -0.2) is 16.3 Å². The van der Waals surface area contributed by atoms with Gasteiger partial charge in [-0.15, -0.1) is 0 Å². The van der Waals surface area contributed by atoms with Crippen molar-refractivity contribution in [3.8, 4) is 0 Å². The van der Waals surface area contributed by atoms with E-state index in [0.717, 1.165) is 24.3 Å². The number of rotatable bonds is 6. The van der Waals surface area contributed by atoms with Crippen molar-refractivity contribution in [2.24, 2.45) is 5.92 Å². The summed E-state index contributed by atoms with van der Waals surface area (Å²) in [6.45, 7) is 8.80. The molecule has 0 aliphatic heterocycles. The maximum Gasteiger partial charge on any atom is 0.123 e. The molecule has 0 bridgehead atoms. The molecule has 0 aliphatic carbocycles. The summed E-state index contributed by atoms with van der Waals surface area (Å²) in [7, 11) is 0. The SMILES string of the molecule is Cc1nn(Cc2cccc(F)c2)cc1CNCC(C)C. The minimum atomic E-state index is -0.204. The van der Waals surface area contributed by atoms with E-state index in [9.17, 15) is 4.39 Å². The van der Waals surface area contributed by atoms with Crippen LogP contribution in [0.15, 0.2) is 30.5 Å². The van der Waals surface area contributed by atoms with E-state index in [0.29, 0.717) is 12.5 Å². The highest BCUT2D eigenvalue weighted by molar-refractivity contribution is 5.19. The molecule has 1 aromatic heterocycles.